The summed E-state index contributed by atoms with van der Waals surface area (Å²) in [6.07, 6.45) is 3.36. The zero-order valence-electron chi connectivity index (χ0n) is 6.84. The Labute approximate surface area is 66.6 Å². The second-order valence-corrected chi connectivity index (χ2v) is 2.98. The summed E-state index contributed by atoms with van der Waals surface area (Å²) in [5.41, 5.74) is 10.4. The maximum atomic E-state index is 5.31. The molecule has 1 rings (SSSR count). The lowest BCUT2D eigenvalue weighted by molar-refractivity contribution is -0.0629. The molecular weight excluding hydrogens is 142 g/mol. The van der Waals surface area contributed by atoms with Gasteiger partial charge in [0, 0.05) is 7.11 Å². The van der Waals surface area contributed by atoms with Crippen molar-refractivity contribution in [3.8, 4) is 0 Å². The third-order valence-corrected chi connectivity index (χ3v) is 2.25. The molecule has 64 valence electrons. The molecule has 4 heteroatoms. The fraction of sp³-hybridized carbons (Fsp3) is 0.857. The fourth-order valence-corrected chi connectivity index (χ4v) is 1.23. The van der Waals surface area contributed by atoms with Gasteiger partial charge in [0.1, 0.15) is 0 Å². The quantitative estimate of drug-likeness (QED) is 0.441. The lowest BCUT2D eigenvalue weighted by Crippen LogP contribution is -2.43. The molecular formula is C7H15N3O. The molecule has 0 unspecified atom stereocenters. The molecule has 0 aliphatic heterocycles. The van der Waals surface area contributed by atoms with E-state index in [1.807, 2.05) is 0 Å². The van der Waals surface area contributed by atoms with E-state index < -0.39 is 0 Å². The standard InChI is InChI=1S/C7H15N3O/c1-11-7(3-2-4-7)5-10-6(8)9/h2-5H2,1H3,(H4,8,9,10). The monoisotopic (exact) mass is 157 g/mol. The van der Waals surface area contributed by atoms with E-state index >= 15 is 0 Å². The predicted octanol–water partition coefficient (Wildman–Crippen LogP) is -0.171. The molecule has 4 N–H and O–H groups in total. The molecule has 0 atom stereocenters. The Morgan fingerprint density at radius 3 is 2.45 bits per heavy atom. The van der Waals surface area contributed by atoms with Crippen LogP contribution in [0.4, 0.5) is 0 Å². The second-order valence-electron chi connectivity index (χ2n) is 2.98. The summed E-state index contributed by atoms with van der Waals surface area (Å²) < 4.78 is 5.31. The number of aliphatic imine (C=N–C) groups is 1. The number of nitrogens with zero attached hydrogens (tertiary/aromatic N) is 1. The van der Waals surface area contributed by atoms with Crippen molar-refractivity contribution < 1.29 is 4.74 Å². The Kier molecular flexibility index (Phi) is 2.34. The zero-order chi connectivity index (χ0) is 8.32. The van der Waals surface area contributed by atoms with Crippen molar-refractivity contribution in [3.63, 3.8) is 0 Å². The lowest BCUT2D eigenvalue weighted by atomic mass is 9.80. The summed E-state index contributed by atoms with van der Waals surface area (Å²) in [5, 5.41) is 0. The zero-order valence-corrected chi connectivity index (χ0v) is 6.84. The van der Waals surface area contributed by atoms with E-state index in [1.165, 1.54) is 6.42 Å². The van der Waals surface area contributed by atoms with Crippen LogP contribution < -0.4 is 11.5 Å². The van der Waals surface area contributed by atoms with E-state index in [0.717, 1.165) is 12.8 Å². The van der Waals surface area contributed by atoms with Gasteiger partial charge in [0.25, 0.3) is 0 Å². The summed E-state index contributed by atoms with van der Waals surface area (Å²) in [4.78, 5) is 3.94. The van der Waals surface area contributed by atoms with Gasteiger partial charge in [-0.1, -0.05) is 0 Å². The highest BCUT2D eigenvalue weighted by molar-refractivity contribution is 5.75. The maximum absolute atomic E-state index is 5.31. The van der Waals surface area contributed by atoms with Crippen LogP contribution in [0.15, 0.2) is 4.99 Å². The maximum Gasteiger partial charge on any atom is 0.186 e. The molecule has 0 heterocycles. The molecule has 0 spiro atoms. The minimum absolute atomic E-state index is 0.0516. The number of methoxy groups -OCH3 is 1. The van der Waals surface area contributed by atoms with E-state index in [0.29, 0.717) is 6.54 Å². The molecule has 0 radical (unpaired) electrons. The van der Waals surface area contributed by atoms with Gasteiger partial charge in [0.15, 0.2) is 5.96 Å². The van der Waals surface area contributed by atoms with Gasteiger partial charge in [-0.2, -0.15) is 0 Å². The Morgan fingerprint density at radius 1 is 1.55 bits per heavy atom. The molecule has 1 fully saturated rings. The number of ether oxygens (including phenoxy) is 1. The van der Waals surface area contributed by atoms with Crippen LogP contribution in [0.3, 0.4) is 0 Å². The molecule has 0 aromatic heterocycles. The van der Waals surface area contributed by atoms with Crippen LogP contribution in [0, 0.1) is 0 Å². The summed E-state index contributed by atoms with van der Waals surface area (Å²) in [5.74, 6) is 0.147. The first kappa shape index (κ1) is 8.33. The SMILES string of the molecule is COC1(CN=C(N)N)CCC1. The molecule has 0 amide bonds. The van der Waals surface area contributed by atoms with Crippen LogP contribution in [0.1, 0.15) is 19.3 Å². The molecule has 1 aliphatic carbocycles. The second kappa shape index (κ2) is 3.09. The van der Waals surface area contributed by atoms with Gasteiger partial charge in [-0.05, 0) is 19.3 Å². The third-order valence-electron chi connectivity index (χ3n) is 2.25. The lowest BCUT2D eigenvalue weighted by Gasteiger charge is -2.39. The van der Waals surface area contributed by atoms with Gasteiger partial charge in [-0.3, -0.25) is 4.99 Å². The average molecular weight is 157 g/mol. The number of rotatable bonds is 3. The largest absolute Gasteiger partial charge is 0.376 e. The Morgan fingerprint density at radius 2 is 2.18 bits per heavy atom. The predicted molar refractivity (Wildman–Crippen MR) is 44.3 cm³/mol. The molecule has 0 saturated heterocycles. The van der Waals surface area contributed by atoms with Crippen LogP contribution in [-0.4, -0.2) is 25.2 Å². The minimum Gasteiger partial charge on any atom is -0.376 e. The summed E-state index contributed by atoms with van der Waals surface area (Å²) in [7, 11) is 1.71. The van der Waals surface area contributed by atoms with Crippen LogP contribution in [0.2, 0.25) is 0 Å². The van der Waals surface area contributed by atoms with Crippen molar-refractivity contribution in [3.05, 3.63) is 0 Å². The topological polar surface area (TPSA) is 73.6 Å². The third kappa shape index (κ3) is 1.83. The summed E-state index contributed by atoms with van der Waals surface area (Å²) in [6, 6.07) is 0. The van der Waals surface area contributed by atoms with Crippen LogP contribution in [-0.2, 0) is 4.74 Å². The minimum atomic E-state index is -0.0516. The van der Waals surface area contributed by atoms with Crippen LogP contribution in [0.25, 0.3) is 0 Å². The molecule has 0 bridgehead atoms. The van der Waals surface area contributed by atoms with Crippen molar-refractivity contribution in [2.75, 3.05) is 13.7 Å². The van der Waals surface area contributed by atoms with Crippen LogP contribution >= 0.6 is 0 Å². The molecule has 1 aliphatic rings. The van der Waals surface area contributed by atoms with Crippen molar-refractivity contribution in [2.45, 2.75) is 24.9 Å². The number of hydrogen-bond donors (Lipinski definition) is 2. The molecule has 4 nitrogen and oxygen atoms in total. The molecule has 11 heavy (non-hydrogen) atoms. The van der Waals surface area contributed by atoms with Crippen LogP contribution in [0.5, 0.6) is 0 Å². The van der Waals surface area contributed by atoms with Crippen molar-refractivity contribution >= 4 is 5.96 Å². The van der Waals surface area contributed by atoms with Gasteiger partial charge >= 0.3 is 0 Å². The summed E-state index contributed by atoms with van der Waals surface area (Å²) >= 11 is 0. The summed E-state index contributed by atoms with van der Waals surface area (Å²) in [6.45, 7) is 0.603. The van der Waals surface area contributed by atoms with E-state index in [9.17, 15) is 0 Å². The smallest absolute Gasteiger partial charge is 0.186 e. The number of nitrogens with two attached hydrogens (primary N) is 2. The number of guanidine groups is 1. The van der Waals surface area contributed by atoms with Gasteiger partial charge < -0.3 is 16.2 Å². The molecule has 1 saturated carbocycles. The first-order chi connectivity index (χ1) is 5.18. The Balaban J connectivity index is 2.39. The van der Waals surface area contributed by atoms with Gasteiger partial charge in [0.2, 0.25) is 0 Å². The highest BCUT2D eigenvalue weighted by Gasteiger charge is 2.36. The highest BCUT2D eigenvalue weighted by Crippen LogP contribution is 2.34. The molecule has 0 aromatic carbocycles. The average Bonchev–Trinajstić information content (AvgIpc) is 1.86. The van der Waals surface area contributed by atoms with E-state index in [1.54, 1.807) is 7.11 Å². The normalized spacial score (nSPS) is 20.5. The first-order valence-electron chi connectivity index (χ1n) is 3.79. The van der Waals surface area contributed by atoms with Gasteiger partial charge in [-0.15, -0.1) is 0 Å². The van der Waals surface area contributed by atoms with Crippen molar-refractivity contribution in [1.29, 1.82) is 0 Å². The van der Waals surface area contributed by atoms with Gasteiger partial charge in [0.05, 0.1) is 12.1 Å². The van der Waals surface area contributed by atoms with Gasteiger partial charge in [-0.25, -0.2) is 0 Å². The first-order valence-corrected chi connectivity index (χ1v) is 3.79. The van der Waals surface area contributed by atoms with E-state index in [-0.39, 0.29) is 11.6 Å². The highest BCUT2D eigenvalue weighted by atomic mass is 16.5. The number of hydrogen-bond acceptors (Lipinski definition) is 2. The Bertz CT molecular complexity index is 154. The Hall–Kier alpha value is -0.770. The van der Waals surface area contributed by atoms with Crippen molar-refractivity contribution in [2.24, 2.45) is 16.5 Å². The van der Waals surface area contributed by atoms with Crippen molar-refractivity contribution in [1.82, 2.24) is 0 Å². The van der Waals surface area contributed by atoms with E-state index in [4.69, 9.17) is 16.2 Å². The van der Waals surface area contributed by atoms with E-state index in [2.05, 4.69) is 4.99 Å². The fourth-order valence-electron chi connectivity index (χ4n) is 1.23. The molecule has 0 aromatic rings.